The zero-order chi connectivity index (χ0) is 34.9. The van der Waals surface area contributed by atoms with Crippen LogP contribution in [0.15, 0.2) is 43.0 Å². The topological polar surface area (TPSA) is 158 Å². The second kappa shape index (κ2) is 13.7. The number of likely N-dealkylation sites (tertiary alicyclic amines) is 1. The van der Waals surface area contributed by atoms with Crippen LogP contribution in [0.25, 0.3) is 11.4 Å². The van der Waals surface area contributed by atoms with Gasteiger partial charge in [-0.05, 0) is 56.6 Å². The predicted molar refractivity (Wildman–Crippen MR) is 177 cm³/mol. The van der Waals surface area contributed by atoms with Crippen LogP contribution in [-0.4, -0.2) is 85.4 Å². The van der Waals surface area contributed by atoms with Crippen molar-refractivity contribution in [2.45, 2.75) is 109 Å². The molecule has 3 amide bonds. The van der Waals surface area contributed by atoms with Gasteiger partial charge in [-0.15, -0.1) is 16.8 Å². The van der Waals surface area contributed by atoms with Crippen LogP contribution in [0.4, 0.5) is 4.79 Å². The third kappa shape index (κ3) is 7.87. The Hall–Kier alpha value is -4.29. The Labute approximate surface area is 282 Å². The summed E-state index contributed by atoms with van der Waals surface area (Å²) in [6.07, 6.45) is 5.73. The first kappa shape index (κ1) is 35.0. The van der Waals surface area contributed by atoms with Crippen molar-refractivity contribution in [2.24, 2.45) is 17.3 Å². The van der Waals surface area contributed by atoms with Crippen LogP contribution in [0.1, 0.15) is 86.1 Å². The lowest BCUT2D eigenvalue weighted by Gasteiger charge is -2.36. The van der Waals surface area contributed by atoms with Crippen molar-refractivity contribution in [2.75, 3.05) is 13.2 Å². The second-order valence-corrected chi connectivity index (χ2v) is 15.4. The molecule has 1 aromatic heterocycles. The van der Waals surface area contributed by atoms with Gasteiger partial charge in [0.25, 0.3) is 0 Å². The maximum absolute atomic E-state index is 14.4. The number of aromatic nitrogens is 4. The number of hydrogen-bond acceptors (Lipinski definition) is 9. The van der Waals surface area contributed by atoms with E-state index in [1.54, 1.807) is 26.8 Å². The first-order valence-electron chi connectivity index (χ1n) is 16.9. The number of carbonyl (C=O) groups is 4. The summed E-state index contributed by atoms with van der Waals surface area (Å²) in [5.74, 6) is -0.995. The molecule has 5 rings (SSSR count). The first-order valence-corrected chi connectivity index (χ1v) is 16.9. The molecule has 2 N–H and O–H groups in total. The largest absolute Gasteiger partial charge is 0.464 e. The standard InChI is InChI=1S/C35H49N7O6/c1-8-24-19-35(24,31(45)47-21-22-14-12-13-15-22)37-29(43)26-18-25(42-39-28(38-40-42)23-16-10-9-11-17-23)20-41(26)30(44)27(33(2,3)4)36-32(46)48-34(5,6)7/h8-11,16-17,22,24-27H,1,12-15,18-21H2,2-7H3,(H,36,46)(H,37,43). The molecule has 0 spiro atoms. The fourth-order valence-electron chi connectivity index (χ4n) is 6.60. The van der Waals surface area contributed by atoms with Gasteiger partial charge in [-0.25, -0.2) is 9.59 Å². The van der Waals surface area contributed by atoms with Crippen molar-refractivity contribution in [3.63, 3.8) is 0 Å². The Morgan fingerprint density at radius 1 is 1.08 bits per heavy atom. The quantitative estimate of drug-likeness (QED) is 0.281. The number of carbonyl (C=O) groups excluding carboxylic acids is 4. The fraction of sp³-hybridized carbons (Fsp3) is 0.629. The number of esters is 1. The van der Waals surface area contributed by atoms with Crippen LogP contribution in [0.3, 0.4) is 0 Å². The lowest BCUT2D eigenvalue weighted by atomic mass is 9.85. The van der Waals surface area contributed by atoms with Crippen LogP contribution >= 0.6 is 0 Å². The summed E-state index contributed by atoms with van der Waals surface area (Å²) >= 11 is 0. The summed E-state index contributed by atoms with van der Waals surface area (Å²) in [5, 5.41) is 18.8. The van der Waals surface area contributed by atoms with Gasteiger partial charge < -0.3 is 25.0 Å². The Balaban J connectivity index is 1.40. The zero-order valence-electron chi connectivity index (χ0n) is 28.9. The maximum atomic E-state index is 14.4. The molecule has 5 atom stereocenters. The minimum Gasteiger partial charge on any atom is -0.464 e. The van der Waals surface area contributed by atoms with Gasteiger partial charge in [0, 0.05) is 24.4 Å². The Morgan fingerprint density at radius 3 is 2.38 bits per heavy atom. The lowest BCUT2D eigenvalue weighted by molar-refractivity contribution is -0.152. The maximum Gasteiger partial charge on any atom is 0.408 e. The third-order valence-electron chi connectivity index (χ3n) is 9.36. The van der Waals surface area contributed by atoms with Crippen LogP contribution in [-0.2, 0) is 23.9 Å². The number of rotatable bonds is 10. The molecule has 13 nitrogen and oxygen atoms in total. The van der Waals surface area contributed by atoms with Gasteiger partial charge in [-0.2, -0.15) is 4.80 Å². The molecule has 260 valence electrons. The Kier molecular flexibility index (Phi) is 9.98. The molecule has 3 aliphatic rings. The van der Waals surface area contributed by atoms with Crippen molar-refractivity contribution in [1.29, 1.82) is 0 Å². The van der Waals surface area contributed by atoms with Crippen molar-refractivity contribution in [1.82, 2.24) is 35.7 Å². The summed E-state index contributed by atoms with van der Waals surface area (Å²) in [4.78, 5) is 57.8. The second-order valence-electron chi connectivity index (χ2n) is 15.4. The van der Waals surface area contributed by atoms with Crippen LogP contribution in [0.5, 0.6) is 0 Å². The predicted octanol–water partition coefficient (Wildman–Crippen LogP) is 4.22. The zero-order valence-corrected chi connectivity index (χ0v) is 28.9. The first-order chi connectivity index (χ1) is 22.6. The molecular formula is C35H49N7O6. The normalized spacial score (nSPS) is 24.9. The van der Waals surface area contributed by atoms with Crippen LogP contribution in [0, 0.1) is 17.3 Å². The Bertz CT molecular complexity index is 1510. The number of nitrogens with zero attached hydrogens (tertiary/aromatic N) is 5. The van der Waals surface area contributed by atoms with Crippen molar-refractivity contribution < 1.29 is 28.7 Å². The van der Waals surface area contributed by atoms with Gasteiger partial charge in [0.1, 0.15) is 23.2 Å². The van der Waals surface area contributed by atoms with E-state index >= 15 is 0 Å². The molecule has 13 heteroatoms. The van der Waals surface area contributed by atoms with Crippen molar-refractivity contribution in [3.8, 4) is 11.4 Å². The summed E-state index contributed by atoms with van der Waals surface area (Å²) in [5.41, 5.74) is -1.98. The number of nitrogens with one attached hydrogen (secondary N) is 2. The highest BCUT2D eigenvalue weighted by molar-refractivity contribution is 5.96. The van der Waals surface area contributed by atoms with Gasteiger partial charge in [-0.3, -0.25) is 9.59 Å². The number of benzene rings is 1. The smallest absolute Gasteiger partial charge is 0.408 e. The van der Waals surface area contributed by atoms with E-state index in [2.05, 4.69) is 32.6 Å². The summed E-state index contributed by atoms with van der Waals surface area (Å²) in [6, 6.07) is 6.85. The van der Waals surface area contributed by atoms with Gasteiger partial charge >= 0.3 is 12.1 Å². The van der Waals surface area contributed by atoms with Gasteiger partial charge in [0.2, 0.25) is 17.6 Å². The van der Waals surface area contributed by atoms with Crippen molar-refractivity contribution in [3.05, 3.63) is 43.0 Å². The highest BCUT2D eigenvalue weighted by Gasteiger charge is 2.62. The SMILES string of the molecule is C=CC1CC1(NC(=O)C1CC(n2nnc(-c3ccccc3)n2)CN1C(=O)C(NC(=O)OC(C)(C)C)C(C)(C)C)C(=O)OCC1CCCC1. The van der Waals surface area contributed by atoms with Gasteiger partial charge in [0.15, 0.2) is 0 Å². The molecule has 0 bridgehead atoms. The summed E-state index contributed by atoms with van der Waals surface area (Å²) < 4.78 is 11.2. The number of tetrazole rings is 1. The molecule has 2 saturated carbocycles. The van der Waals surface area contributed by atoms with Crippen LogP contribution < -0.4 is 10.6 Å². The molecule has 5 unspecified atom stereocenters. The number of hydrogen-bond donors (Lipinski definition) is 2. The molecule has 3 fully saturated rings. The molecule has 0 radical (unpaired) electrons. The average Bonchev–Trinajstić information content (AvgIpc) is 3.50. The van der Waals surface area contributed by atoms with E-state index in [9.17, 15) is 19.2 Å². The van der Waals surface area contributed by atoms with E-state index in [1.165, 1.54) is 9.70 Å². The molecule has 1 aromatic carbocycles. The van der Waals surface area contributed by atoms with E-state index in [-0.39, 0.29) is 18.9 Å². The molecular weight excluding hydrogens is 614 g/mol. The highest BCUT2D eigenvalue weighted by Crippen LogP contribution is 2.46. The Morgan fingerprint density at radius 2 is 1.77 bits per heavy atom. The number of amides is 3. The molecule has 2 aromatic rings. The minimum absolute atomic E-state index is 0.0775. The highest BCUT2D eigenvalue weighted by atomic mass is 16.6. The monoisotopic (exact) mass is 663 g/mol. The lowest BCUT2D eigenvalue weighted by Crippen LogP contribution is -2.59. The molecule has 2 heterocycles. The minimum atomic E-state index is -1.24. The molecule has 48 heavy (non-hydrogen) atoms. The third-order valence-corrected chi connectivity index (χ3v) is 9.36. The summed E-state index contributed by atoms with van der Waals surface area (Å²) in [7, 11) is 0. The number of ether oxygens (including phenoxy) is 2. The van der Waals surface area contributed by atoms with Crippen LogP contribution in [0.2, 0.25) is 0 Å². The average molecular weight is 664 g/mol. The molecule has 1 saturated heterocycles. The van der Waals surface area contributed by atoms with E-state index < -0.39 is 58.6 Å². The van der Waals surface area contributed by atoms with E-state index in [1.807, 2.05) is 51.1 Å². The summed E-state index contributed by atoms with van der Waals surface area (Å²) in [6.45, 7) is 15.0. The van der Waals surface area contributed by atoms with E-state index in [0.717, 1.165) is 31.2 Å². The van der Waals surface area contributed by atoms with E-state index in [0.29, 0.717) is 24.8 Å². The van der Waals surface area contributed by atoms with E-state index in [4.69, 9.17) is 9.47 Å². The van der Waals surface area contributed by atoms with Gasteiger partial charge in [-0.1, -0.05) is 70.0 Å². The number of alkyl carbamates (subject to hydrolysis) is 1. The van der Waals surface area contributed by atoms with Gasteiger partial charge in [0.05, 0.1) is 12.6 Å². The fourth-order valence-corrected chi connectivity index (χ4v) is 6.60. The molecule has 1 aliphatic heterocycles. The molecule has 2 aliphatic carbocycles. The van der Waals surface area contributed by atoms with Crippen molar-refractivity contribution >= 4 is 23.9 Å².